The number of hydrogen-bond acceptors (Lipinski definition) is 6. The number of carbonyl (C=O) groups is 2. The molecule has 1 amide bonds. The highest BCUT2D eigenvalue weighted by atomic mass is 28.5. The first-order chi connectivity index (χ1) is 12.1. The SMILES string of the molecule is C=C(C)C(=O)OCCNC(=O)OCCC[Si](C)(O[Si](C)(C)C)O[Si](C)(C)C. The van der Waals surface area contributed by atoms with Gasteiger partial charge in [0.2, 0.25) is 0 Å². The molecule has 0 aromatic heterocycles. The fourth-order valence-electron chi connectivity index (χ4n) is 2.45. The van der Waals surface area contributed by atoms with Crippen LogP contribution < -0.4 is 5.32 Å². The Morgan fingerprint density at radius 2 is 1.41 bits per heavy atom. The van der Waals surface area contributed by atoms with Crippen molar-refractivity contribution < 1.29 is 27.3 Å². The molecule has 0 rings (SSSR count). The molecule has 7 nitrogen and oxygen atoms in total. The average molecular weight is 436 g/mol. The van der Waals surface area contributed by atoms with E-state index in [0.29, 0.717) is 18.6 Å². The molecule has 0 aromatic carbocycles. The van der Waals surface area contributed by atoms with Gasteiger partial charge in [0.1, 0.15) is 6.61 Å². The molecule has 0 spiro atoms. The van der Waals surface area contributed by atoms with Crippen molar-refractivity contribution in [2.45, 2.75) is 65.2 Å². The number of nitrogens with one attached hydrogen (secondary N) is 1. The van der Waals surface area contributed by atoms with E-state index >= 15 is 0 Å². The topological polar surface area (TPSA) is 83.1 Å². The summed E-state index contributed by atoms with van der Waals surface area (Å²) in [6, 6.07) is 0.783. The zero-order valence-electron chi connectivity index (χ0n) is 18.2. The van der Waals surface area contributed by atoms with E-state index in [1.165, 1.54) is 0 Å². The van der Waals surface area contributed by atoms with Crippen LogP contribution in [0.2, 0.25) is 51.9 Å². The van der Waals surface area contributed by atoms with E-state index in [4.69, 9.17) is 17.7 Å². The van der Waals surface area contributed by atoms with Gasteiger partial charge in [-0.3, -0.25) is 0 Å². The third-order valence-electron chi connectivity index (χ3n) is 3.01. The predicted molar refractivity (Wildman–Crippen MR) is 115 cm³/mol. The van der Waals surface area contributed by atoms with E-state index in [-0.39, 0.29) is 13.2 Å². The standard InChI is InChI=1S/C17H37NO6Si3/c1-15(2)16(19)21-13-11-18-17(20)22-12-10-14-27(9,23-25(3,4)5)24-26(6,7)8/h1,10-14H2,2-9H3,(H,18,20). The highest BCUT2D eigenvalue weighted by Crippen LogP contribution is 2.25. The molecule has 1 N–H and O–H groups in total. The Labute approximate surface area is 167 Å². The summed E-state index contributed by atoms with van der Waals surface area (Å²) in [6.07, 6.45) is 0.164. The van der Waals surface area contributed by atoms with E-state index in [0.717, 1.165) is 6.04 Å². The van der Waals surface area contributed by atoms with Gasteiger partial charge >= 0.3 is 20.6 Å². The van der Waals surface area contributed by atoms with E-state index < -0.39 is 37.3 Å². The van der Waals surface area contributed by atoms with Gasteiger partial charge in [-0.05, 0) is 65.2 Å². The van der Waals surface area contributed by atoms with Gasteiger partial charge in [0.25, 0.3) is 0 Å². The minimum absolute atomic E-state index is 0.0832. The van der Waals surface area contributed by atoms with Crippen LogP contribution in [0.4, 0.5) is 4.79 Å². The van der Waals surface area contributed by atoms with Crippen molar-refractivity contribution in [2.24, 2.45) is 0 Å². The number of rotatable bonds is 12. The Kier molecular flexibility index (Phi) is 10.8. The molecule has 0 aliphatic heterocycles. The zero-order chi connectivity index (χ0) is 21.3. The van der Waals surface area contributed by atoms with Gasteiger partial charge in [-0.25, -0.2) is 9.59 Å². The molecule has 158 valence electrons. The van der Waals surface area contributed by atoms with Crippen molar-refractivity contribution in [1.29, 1.82) is 0 Å². The maximum absolute atomic E-state index is 11.7. The van der Waals surface area contributed by atoms with Gasteiger partial charge in [0.15, 0.2) is 16.6 Å². The first kappa shape index (κ1) is 26.1. The van der Waals surface area contributed by atoms with Crippen molar-refractivity contribution >= 4 is 37.3 Å². The lowest BCUT2D eigenvalue weighted by Crippen LogP contribution is -2.52. The number of alkyl carbamates (subject to hydrolysis) is 1. The second-order valence-electron chi connectivity index (χ2n) is 8.65. The van der Waals surface area contributed by atoms with E-state index in [1.54, 1.807) is 6.92 Å². The molecule has 0 fully saturated rings. The molecule has 0 aromatic rings. The first-order valence-corrected chi connectivity index (χ1v) is 18.6. The van der Waals surface area contributed by atoms with Crippen molar-refractivity contribution in [3.63, 3.8) is 0 Å². The van der Waals surface area contributed by atoms with Crippen LogP contribution in [0.25, 0.3) is 0 Å². The first-order valence-electron chi connectivity index (χ1n) is 9.27. The summed E-state index contributed by atoms with van der Waals surface area (Å²) in [6.45, 7) is 20.7. The van der Waals surface area contributed by atoms with E-state index in [9.17, 15) is 9.59 Å². The summed E-state index contributed by atoms with van der Waals surface area (Å²) in [4.78, 5) is 22.9. The van der Waals surface area contributed by atoms with Crippen LogP contribution >= 0.6 is 0 Å². The van der Waals surface area contributed by atoms with Crippen molar-refractivity contribution in [1.82, 2.24) is 5.32 Å². The van der Waals surface area contributed by atoms with Crippen molar-refractivity contribution in [3.05, 3.63) is 12.2 Å². The summed E-state index contributed by atoms with van der Waals surface area (Å²) in [5.41, 5.74) is 0.325. The van der Waals surface area contributed by atoms with Gasteiger partial charge < -0.3 is 23.0 Å². The largest absolute Gasteiger partial charge is 0.460 e. The molecule has 0 unspecified atom stereocenters. The summed E-state index contributed by atoms with van der Waals surface area (Å²) in [5.74, 6) is -0.473. The second-order valence-corrected chi connectivity index (χ2v) is 21.5. The molecule has 27 heavy (non-hydrogen) atoms. The fraction of sp³-hybridized carbons (Fsp3) is 0.765. The van der Waals surface area contributed by atoms with Crippen LogP contribution in [-0.4, -0.2) is 57.0 Å². The quantitative estimate of drug-likeness (QED) is 0.216. The van der Waals surface area contributed by atoms with Crippen LogP contribution in [0.5, 0.6) is 0 Å². The molecule has 0 atom stereocenters. The third kappa shape index (κ3) is 14.7. The molecular weight excluding hydrogens is 398 g/mol. The molecule has 0 aliphatic rings. The molecule has 0 saturated carbocycles. The predicted octanol–water partition coefficient (Wildman–Crippen LogP) is 4.00. The molecule has 0 heterocycles. The molecular formula is C17H37NO6Si3. The second kappa shape index (κ2) is 11.1. The number of amides is 1. The Bertz CT molecular complexity index is 498. The van der Waals surface area contributed by atoms with Gasteiger partial charge in [-0.1, -0.05) is 6.58 Å². The number of hydrogen-bond donors (Lipinski definition) is 1. The molecule has 0 saturated heterocycles. The number of ether oxygens (including phenoxy) is 2. The van der Waals surface area contributed by atoms with Gasteiger partial charge in [0.05, 0.1) is 13.2 Å². The van der Waals surface area contributed by atoms with Crippen LogP contribution in [0, 0.1) is 0 Å². The Morgan fingerprint density at radius 1 is 0.889 bits per heavy atom. The average Bonchev–Trinajstić information content (AvgIpc) is 2.43. The van der Waals surface area contributed by atoms with Crippen LogP contribution in [0.15, 0.2) is 12.2 Å². The Hall–Kier alpha value is -0.949. The highest BCUT2D eigenvalue weighted by molar-refractivity contribution is 6.87. The zero-order valence-corrected chi connectivity index (χ0v) is 21.2. The summed E-state index contributed by atoms with van der Waals surface area (Å²) < 4.78 is 22.9. The van der Waals surface area contributed by atoms with Gasteiger partial charge in [-0.15, -0.1) is 0 Å². The fourth-order valence-corrected chi connectivity index (χ4v) is 15.0. The van der Waals surface area contributed by atoms with Gasteiger partial charge in [0, 0.05) is 5.57 Å². The number of esters is 1. The Morgan fingerprint density at radius 3 is 1.85 bits per heavy atom. The van der Waals surface area contributed by atoms with Gasteiger partial charge in [-0.2, -0.15) is 0 Å². The minimum atomic E-state index is -2.30. The molecule has 0 radical (unpaired) electrons. The lowest BCUT2D eigenvalue weighted by molar-refractivity contribution is -0.138. The van der Waals surface area contributed by atoms with Crippen LogP contribution in [-0.2, 0) is 22.5 Å². The van der Waals surface area contributed by atoms with E-state index in [2.05, 4.69) is 57.7 Å². The normalized spacial score (nSPS) is 12.4. The summed E-state index contributed by atoms with van der Waals surface area (Å²) in [5, 5.41) is 2.55. The number of carbonyl (C=O) groups excluding carboxylic acids is 2. The Balaban J connectivity index is 4.23. The summed E-state index contributed by atoms with van der Waals surface area (Å²) >= 11 is 0. The maximum Gasteiger partial charge on any atom is 0.407 e. The van der Waals surface area contributed by atoms with Crippen molar-refractivity contribution in [2.75, 3.05) is 19.8 Å². The smallest absolute Gasteiger partial charge is 0.407 e. The summed E-state index contributed by atoms with van der Waals surface area (Å²) in [7, 11) is -5.75. The monoisotopic (exact) mass is 435 g/mol. The molecule has 10 heteroatoms. The van der Waals surface area contributed by atoms with E-state index in [1.807, 2.05) is 0 Å². The molecule has 0 bridgehead atoms. The minimum Gasteiger partial charge on any atom is -0.460 e. The lowest BCUT2D eigenvalue weighted by Gasteiger charge is -2.38. The van der Waals surface area contributed by atoms with Crippen molar-refractivity contribution in [3.8, 4) is 0 Å². The lowest BCUT2D eigenvalue weighted by atomic mass is 10.4. The highest BCUT2D eigenvalue weighted by Gasteiger charge is 2.39. The third-order valence-corrected chi connectivity index (χ3v) is 12.6. The molecule has 0 aliphatic carbocycles. The maximum atomic E-state index is 11.7. The van der Waals surface area contributed by atoms with Crippen LogP contribution in [0.3, 0.4) is 0 Å². The van der Waals surface area contributed by atoms with Crippen LogP contribution in [0.1, 0.15) is 13.3 Å².